The number of fused-ring (bicyclic) bond motifs is 1. The van der Waals surface area contributed by atoms with Gasteiger partial charge in [-0.1, -0.05) is 6.07 Å². The van der Waals surface area contributed by atoms with Gasteiger partial charge in [0.1, 0.15) is 11.5 Å². The maximum absolute atomic E-state index is 13.4. The van der Waals surface area contributed by atoms with Crippen molar-refractivity contribution in [2.45, 2.75) is 12.6 Å². The zero-order chi connectivity index (χ0) is 24.3. The Balaban J connectivity index is 1.46. The van der Waals surface area contributed by atoms with Crippen molar-refractivity contribution in [2.75, 3.05) is 23.9 Å². The summed E-state index contributed by atoms with van der Waals surface area (Å²) in [5, 5.41) is 10.0. The van der Waals surface area contributed by atoms with Gasteiger partial charge in [-0.25, -0.2) is 9.78 Å². The van der Waals surface area contributed by atoms with Crippen LogP contribution >= 0.6 is 0 Å². The smallest absolute Gasteiger partial charge is 0.416 e. The number of benzene rings is 2. The maximum Gasteiger partial charge on any atom is 0.416 e. The molecule has 2 aromatic heterocycles. The second-order valence-electron chi connectivity index (χ2n) is 7.34. The first kappa shape index (κ1) is 23.0. The molecule has 0 unspecified atom stereocenters. The number of carbonyl (C=O) groups is 1. The van der Waals surface area contributed by atoms with Crippen LogP contribution in [0.4, 0.5) is 33.7 Å². The molecule has 2 N–H and O–H groups in total. The topological polar surface area (TPSA) is 83.1 Å². The first-order chi connectivity index (χ1) is 16.3. The Kier molecular flexibility index (Phi) is 6.35. The number of aromatic nitrogens is 3. The normalized spacial score (nSPS) is 11.4. The van der Waals surface area contributed by atoms with E-state index in [1.807, 2.05) is 0 Å². The van der Waals surface area contributed by atoms with Gasteiger partial charge in [0, 0.05) is 31.0 Å². The number of aryl methyl sites for hydroxylation is 1. The summed E-state index contributed by atoms with van der Waals surface area (Å²) in [5.41, 5.74) is -0.112. The highest BCUT2D eigenvalue weighted by molar-refractivity contribution is 6.01. The summed E-state index contributed by atoms with van der Waals surface area (Å²) < 4.78 is 58.6. The van der Waals surface area contributed by atoms with Gasteiger partial charge >= 0.3 is 12.2 Å². The van der Waals surface area contributed by atoms with E-state index in [1.54, 1.807) is 42.7 Å². The maximum atomic E-state index is 13.4. The summed E-state index contributed by atoms with van der Waals surface area (Å²) in [5.74, 6) is 1.05. The molecule has 0 fully saturated rings. The van der Waals surface area contributed by atoms with Gasteiger partial charge < -0.3 is 10.1 Å². The number of halogens is 4. The van der Waals surface area contributed by atoms with E-state index < -0.39 is 24.4 Å². The number of urea groups is 1. The number of hydrogen-bond acceptors (Lipinski definition) is 4. The molecule has 0 saturated carbocycles. The molecule has 2 heterocycles. The van der Waals surface area contributed by atoms with Crippen molar-refractivity contribution in [3.63, 3.8) is 0 Å². The molecule has 11 heteroatoms. The molecule has 0 aliphatic carbocycles. The fraction of sp³-hybridized carbons (Fsp3) is 0.174. The monoisotopic (exact) mass is 473 g/mol. The van der Waals surface area contributed by atoms with E-state index in [2.05, 4.69) is 20.5 Å². The molecule has 0 atom stereocenters. The van der Waals surface area contributed by atoms with E-state index in [1.165, 1.54) is 19.2 Å². The Labute approximate surface area is 191 Å². The SMILES string of the molecule is CN(C(=O)Nc1ccc(Oc2ccnc3[nH]ncc23)cc1)c1ccc(CCF)c(C(F)(F)F)c1. The van der Waals surface area contributed by atoms with Crippen LogP contribution in [-0.2, 0) is 12.6 Å². The fourth-order valence-electron chi connectivity index (χ4n) is 3.33. The Morgan fingerprint density at radius 3 is 2.62 bits per heavy atom. The lowest BCUT2D eigenvalue weighted by atomic mass is 10.0. The van der Waals surface area contributed by atoms with Crippen LogP contribution in [-0.4, -0.2) is 34.9 Å². The van der Waals surface area contributed by atoms with Crippen molar-refractivity contribution < 1.29 is 27.1 Å². The van der Waals surface area contributed by atoms with E-state index >= 15 is 0 Å². The van der Waals surface area contributed by atoms with Crippen LogP contribution in [0.2, 0.25) is 0 Å². The second kappa shape index (κ2) is 9.38. The quantitative estimate of drug-likeness (QED) is 0.339. The van der Waals surface area contributed by atoms with E-state index in [0.29, 0.717) is 28.2 Å². The van der Waals surface area contributed by atoms with E-state index in [9.17, 15) is 22.4 Å². The van der Waals surface area contributed by atoms with Gasteiger partial charge in [0.05, 0.1) is 23.8 Å². The Morgan fingerprint density at radius 1 is 1.15 bits per heavy atom. The van der Waals surface area contributed by atoms with Crippen molar-refractivity contribution in [1.29, 1.82) is 0 Å². The Morgan fingerprint density at radius 2 is 1.91 bits per heavy atom. The molecule has 176 valence electrons. The molecule has 2 amide bonds. The third-order valence-electron chi connectivity index (χ3n) is 5.10. The number of rotatable bonds is 6. The number of anilines is 2. The standard InChI is InChI=1S/C23H19F4N5O2/c1-32(16-5-2-14(8-10-24)19(12-16)23(25,26)27)22(33)30-15-3-6-17(7-4-15)34-20-9-11-28-21-18(20)13-29-31-21/h2-7,9,11-13H,8,10H2,1H3,(H,30,33)(H,28,29,31). The zero-order valence-corrected chi connectivity index (χ0v) is 17.9. The van der Waals surface area contributed by atoms with Crippen LogP contribution in [0.1, 0.15) is 11.1 Å². The molecule has 4 rings (SSSR count). The molecular formula is C23H19F4N5O2. The molecule has 34 heavy (non-hydrogen) atoms. The van der Waals surface area contributed by atoms with Gasteiger partial charge in [0.25, 0.3) is 0 Å². The second-order valence-corrected chi connectivity index (χ2v) is 7.34. The number of alkyl halides is 4. The number of nitrogens with one attached hydrogen (secondary N) is 2. The van der Waals surface area contributed by atoms with Gasteiger partial charge in [-0.15, -0.1) is 0 Å². The number of amides is 2. The molecule has 0 aliphatic rings. The molecule has 4 aromatic rings. The van der Waals surface area contributed by atoms with Gasteiger partial charge in [-0.05, 0) is 48.0 Å². The molecule has 0 aliphatic heterocycles. The van der Waals surface area contributed by atoms with Crippen LogP contribution in [0.5, 0.6) is 11.5 Å². The van der Waals surface area contributed by atoms with Crippen molar-refractivity contribution in [2.24, 2.45) is 0 Å². The highest BCUT2D eigenvalue weighted by atomic mass is 19.4. The van der Waals surface area contributed by atoms with Crippen molar-refractivity contribution in [1.82, 2.24) is 15.2 Å². The van der Waals surface area contributed by atoms with Gasteiger partial charge in [-0.2, -0.15) is 18.3 Å². The lowest BCUT2D eigenvalue weighted by Crippen LogP contribution is -2.31. The minimum atomic E-state index is -4.66. The average Bonchev–Trinajstić information content (AvgIpc) is 3.30. The Hall–Kier alpha value is -4.15. The van der Waals surface area contributed by atoms with Gasteiger partial charge in [0.15, 0.2) is 5.65 Å². The number of ether oxygens (including phenoxy) is 1. The average molecular weight is 473 g/mol. The molecule has 0 saturated heterocycles. The van der Waals surface area contributed by atoms with Gasteiger partial charge in [0.2, 0.25) is 0 Å². The number of H-pyrrole nitrogens is 1. The summed E-state index contributed by atoms with van der Waals surface area (Å²) in [6.45, 7) is -0.910. The lowest BCUT2D eigenvalue weighted by Gasteiger charge is -2.21. The van der Waals surface area contributed by atoms with Crippen molar-refractivity contribution in [3.05, 3.63) is 72.1 Å². The number of aromatic amines is 1. The first-order valence-corrected chi connectivity index (χ1v) is 10.1. The van der Waals surface area contributed by atoms with Crippen LogP contribution in [0.25, 0.3) is 11.0 Å². The predicted molar refractivity (Wildman–Crippen MR) is 119 cm³/mol. The predicted octanol–water partition coefficient (Wildman–Crippen LogP) is 5.95. The van der Waals surface area contributed by atoms with E-state index in [0.717, 1.165) is 11.0 Å². The van der Waals surface area contributed by atoms with Crippen LogP contribution in [0, 0.1) is 0 Å². The molecule has 0 spiro atoms. The summed E-state index contributed by atoms with van der Waals surface area (Å²) in [6, 6.07) is 10.9. The molecule has 2 aromatic carbocycles. The summed E-state index contributed by atoms with van der Waals surface area (Å²) in [7, 11) is 1.34. The van der Waals surface area contributed by atoms with Crippen molar-refractivity contribution >= 4 is 28.4 Å². The lowest BCUT2D eigenvalue weighted by molar-refractivity contribution is -0.138. The fourth-order valence-corrected chi connectivity index (χ4v) is 3.33. The van der Waals surface area contributed by atoms with Gasteiger partial charge in [-0.3, -0.25) is 14.4 Å². The summed E-state index contributed by atoms with van der Waals surface area (Å²) >= 11 is 0. The number of nitrogens with zero attached hydrogens (tertiary/aromatic N) is 3. The largest absolute Gasteiger partial charge is 0.456 e. The minimum absolute atomic E-state index is 0.0224. The van der Waals surface area contributed by atoms with E-state index in [4.69, 9.17) is 4.74 Å². The highest BCUT2D eigenvalue weighted by Gasteiger charge is 2.34. The number of hydrogen-bond donors (Lipinski definition) is 2. The molecular weight excluding hydrogens is 454 g/mol. The zero-order valence-electron chi connectivity index (χ0n) is 17.9. The third kappa shape index (κ3) is 4.92. The van der Waals surface area contributed by atoms with Crippen molar-refractivity contribution in [3.8, 4) is 11.5 Å². The van der Waals surface area contributed by atoms with Crippen LogP contribution in [0.15, 0.2) is 60.9 Å². The Bertz CT molecular complexity index is 1300. The number of pyridine rings is 1. The highest BCUT2D eigenvalue weighted by Crippen LogP contribution is 2.35. The number of carbonyl (C=O) groups excluding carboxylic acids is 1. The molecule has 0 radical (unpaired) electrons. The molecule has 7 nitrogen and oxygen atoms in total. The van der Waals surface area contributed by atoms with Crippen LogP contribution < -0.4 is 15.0 Å². The molecule has 0 bridgehead atoms. The summed E-state index contributed by atoms with van der Waals surface area (Å²) in [4.78, 5) is 17.8. The minimum Gasteiger partial charge on any atom is -0.456 e. The van der Waals surface area contributed by atoms with E-state index in [-0.39, 0.29) is 17.7 Å². The third-order valence-corrected chi connectivity index (χ3v) is 5.10. The summed E-state index contributed by atoms with van der Waals surface area (Å²) in [6.07, 6.45) is -1.85. The first-order valence-electron chi connectivity index (χ1n) is 10.1. The van der Waals surface area contributed by atoms with Crippen LogP contribution in [0.3, 0.4) is 0 Å².